The third-order valence-electron chi connectivity index (χ3n) is 2.92. The number of aromatic nitrogens is 3. The Labute approximate surface area is 123 Å². The fourth-order valence-corrected chi connectivity index (χ4v) is 1.78. The third kappa shape index (κ3) is 4.66. The minimum Gasteiger partial charge on any atom is -0.383 e. The van der Waals surface area contributed by atoms with Gasteiger partial charge in [-0.1, -0.05) is 0 Å². The molecule has 0 fully saturated rings. The second-order valence-electron chi connectivity index (χ2n) is 4.41. The van der Waals surface area contributed by atoms with Crippen LogP contribution in [0, 0.1) is 0 Å². The molecule has 2 rings (SSSR count). The van der Waals surface area contributed by atoms with Gasteiger partial charge in [0.2, 0.25) is 0 Å². The molecule has 0 saturated heterocycles. The van der Waals surface area contributed by atoms with Crippen molar-refractivity contribution >= 4 is 5.91 Å². The second kappa shape index (κ2) is 8.13. The van der Waals surface area contributed by atoms with E-state index in [0.29, 0.717) is 25.3 Å². The van der Waals surface area contributed by atoms with Crippen LogP contribution < -0.4 is 10.6 Å². The standard InChI is InChI=1S/C14H19N5O2/c1-21-9-8-15-6-7-16-14(20)12-2-4-13(5-3-12)19-10-17-18-11-19/h2-5,10-11,15H,6-9H2,1H3,(H,16,20). The molecule has 0 aliphatic rings. The van der Waals surface area contributed by atoms with Crippen molar-refractivity contribution in [2.45, 2.75) is 0 Å². The minimum absolute atomic E-state index is 0.0844. The van der Waals surface area contributed by atoms with Gasteiger partial charge < -0.3 is 15.4 Å². The first kappa shape index (κ1) is 15.1. The van der Waals surface area contributed by atoms with Gasteiger partial charge >= 0.3 is 0 Å². The van der Waals surface area contributed by atoms with Crippen molar-refractivity contribution in [1.82, 2.24) is 25.4 Å². The number of nitrogens with one attached hydrogen (secondary N) is 2. The van der Waals surface area contributed by atoms with E-state index in [-0.39, 0.29) is 5.91 Å². The number of hydrogen-bond donors (Lipinski definition) is 2. The molecule has 1 heterocycles. The molecule has 0 aliphatic carbocycles. The number of ether oxygens (including phenoxy) is 1. The number of carbonyl (C=O) groups is 1. The van der Waals surface area contributed by atoms with E-state index in [2.05, 4.69) is 20.8 Å². The summed E-state index contributed by atoms with van der Waals surface area (Å²) in [5.41, 5.74) is 1.54. The van der Waals surface area contributed by atoms with Gasteiger partial charge in [-0.2, -0.15) is 0 Å². The van der Waals surface area contributed by atoms with E-state index in [9.17, 15) is 4.79 Å². The van der Waals surface area contributed by atoms with Crippen LogP contribution in [0.25, 0.3) is 5.69 Å². The zero-order valence-electron chi connectivity index (χ0n) is 12.0. The predicted molar refractivity (Wildman–Crippen MR) is 78.4 cm³/mol. The summed E-state index contributed by atoms with van der Waals surface area (Å²) in [6, 6.07) is 7.27. The van der Waals surface area contributed by atoms with Crippen LogP contribution >= 0.6 is 0 Å². The van der Waals surface area contributed by atoms with E-state index in [0.717, 1.165) is 12.2 Å². The van der Waals surface area contributed by atoms with Crippen molar-refractivity contribution in [3.05, 3.63) is 42.5 Å². The van der Waals surface area contributed by atoms with Gasteiger partial charge in [-0.05, 0) is 24.3 Å². The summed E-state index contributed by atoms with van der Waals surface area (Å²) in [7, 11) is 1.66. The first-order chi connectivity index (χ1) is 10.3. The molecule has 0 atom stereocenters. The third-order valence-corrected chi connectivity index (χ3v) is 2.92. The molecule has 2 aromatic rings. The van der Waals surface area contributed by atoms with E-state index < -0.39 is 0 Å². The maximum absolute atomic E-state index is 11.9. The van der Waals surface area contributed by atoms with Gasteiger partial charge in [0, 0.05) is 38.0 Å². The van der Waals surface area contributed by atoms with Crippen molar-refractivity contribution in [2.24, 2.45) is 0 Å². The summed E-state index contributed by atoms with van der Waals surface area (Å²) >= 11 is 0. The van der Waals surface area contributed by atoms with Crippen molar-refractivity contribution in [2.75, 3.05) is 33.4 Å². The molecule has 0 aliphatic heterocycles. The highest BCUT2D eigenvalue weighted by atomic mass is 16.5. The van der Waals surface area contributed by atoms with Crippen molar-refractivity contribution in [1.29, 1.82) is 0 Å². The Balaban J connectivity index is 1.78. The summed E-state index contributed by atoms with van der Waals surface area (Å²) in [4.78, 5) is 11.9. The molecular weight excluding hydrogens is 270 g/mol. The summed E-state index contributed by atoms with van der Waals surface area (Å²) < 4.78 is 6.70. The monoisotopic (exact) mass is 289 g/mol. The fraction of sp³-hybridized carbons (Fsp3) is 0.357. The van der Waals surface area contributed by atoms with E-state index in [1.807, 2.05) is 12.1 Å². The van der Waals surface area contributed by atoms with Crippen LogP contribution in [0.2, 0.25) is 0 Å². The Bertz CT molecular complexity index is 539. The van der Waals surface area contributed by atoms with Gasteiger partial charge in [-0.3, -0.25) is 9.36 Å². The van der Waals surface area contributed by atoms with Crippen LogP contribution in [-0.2, 0) is 4.74 Å². The van der Waals surface area contributed by atoms with Crippen molar-refractivity contribution in [3.8, 4) is 5.69 Å². The number of amides is 1. The van der Waals surface area contributed by atoms with Crippen molar-refractivity contribution in [3.63, 3.8) is 0 Å². The molecule has 0 unspecified atom stereocenters. The highest BCUT2D eigenvalue weighted by Gasteiger charge is 2.05. The Hall–Kier alpha value is -2.25. The molecule has 0 radical (unpaired) electrons. The molecule has 21 heavy (non-hydrogen) atoms. The summed E-state index contributed by atoms with van der Waals surface area (Å²) in [6.07, 6.45) is 3.22. The molecule has 1 aromatic heterocycles. The van der Waals surface area contributed by atoms with Crippen LogP contribution in [0.3, 0.4) is 0 Å². The maximum atomic E-state index is 11.9. The second-order valence-corrected chi connectivity index (χ2v) is 4.41. The average Bonchev–Trinajstić information content (AvgIpc) is 3.05. The average molecular weight is 289 g/mol. The normalized spacial score (nSPS) is 10.5. The molecule has 1 aromatic carbocycles. The Morgan fingerprint density at radius 1 is 1.14 bits per heavy atom. The SMILES string of the molecule is COCCNCCNC(=O)c1ccc(-n2cnnc2)cc1. The molecular formula is C14H19N5O2. The van der Waals surface area contributed by atoms with Crippen molar-refractivity contribution < 1.29 is 9.53 Å². The van der Waals surface area contributed by atoms with Gasteiger partial charge in [0.15, 0.2) is 0 Å². The largest absolute Gasteiger partial charge is 0.383 e. The number of methoxy groups -OCH3 is 1. The van der Waals surface area contributed by atoms with E-state index in [1.165, 1.54) is 0 Å². The number of benzene rings is 1. The zero-order chi connectivity index (χ0) is 14.9. The zero-order valence-corrected chi connectivity index (χ0v) is 12.0. The number of rotatable bonds is 8. The Kier molecular flexibility index (Phi) is 5.86. The smallest absolute Gasteiger partial charge is 0.251 e. The number of nitrogens with zero attached hydrogens (tertiary/aromatic N) is 3. The lowest BCUT2D eigenvalue weighted by Crippen LogP contribution is -2.33. The molecule has 112 valence electrons. The summed E-state index contributed by atoms with van der Waals surface area (Å²) in [5.74, 6) is -0.0844. The van der Waals surface area contributed by atoms with E-state index in [4.69, 9.17) is 4.74 Å². The highest BCUT2D eigenvalue weighted by Crippen LogP contribution is 2.08. The maximum Gasteiger partial charge on any atom is 0.251 e. The van der Waals surface area contributed by atoms with Crippen LogP contribution in [0.4, 0.5) is 0 Å². The number of carbonyl (C=O) groups excluding carboxylic acids is 1. The van der Waals surface area contributed by atoms with E-state index >= 15 is 0 Å². The molecule has 0 bridgehead atoms. The van der Waals surface area contributed by atoms with Crippen LogP contribution in [0.1, 0.15) is 10.4 Å². The minimum atomic E-state index is -0.0844. The summed E-state index contributed by atoms with van der Waals surface area (Å²) in [5, 5.41) is 13.5. The predicted octanol–water partition coefficient (Wildman–Crippen LogP) is 0.233. The first-order valence-corrected chi connectivity index (χ1v) is 6.74. The number of hydrogen-bond acceptors (Lipinski definition) is 5. The fourth-order valence-electron chi connectivity index (χ4n) is 1.78. The molecule has 7 nitrogen and oxygen atoms in total. The quantitative estimate of drug-likeness (QED) is 0.680. The lowest BCUT2D eigenvalue weighted by Gasteiger charge is -2.07. The molecule has 0 saturated carbocycles. The van der Waals surface area contributed by atoms with Crippen LogP contribution in [0.15, 0.2) is 36.9 Å². The first-order valence-electron chi connectivity index (χ1n) is 6.74. The van der Waals surface area contributed by atoms with Gasteiger partial charge in [-0.25, -0.2) is 0 Å². The molecule has 7 heteroatoms. The lowest BCUT2D eigenvalue weighted by atomic mass is 10.2. The van der Waals surface area contributed by atoms with Gasteiger partial charge in [0.1, 0.15) is 12.7 Å². The summed E-state index contributed by atoms with van der Waals surface area (Å²) in [6.45, 7) is 2.74. The van der Waals surface area contributed by atoms with Crippen LogP contribution in [0.5, 0.6) is 0 Å². The van der Waals surface area contributed by atoms with Gasteiger partial charge in [-0.15, -0.1) is 10.2 Å². The topological polar surface area (TPSA) is 81.1 Å². The van der Waals surface area contributed by atoms with Gasteiger partial charge in [0.25, 0.3) is 5.91 Å². The molecule has 0 spiro atoms. The van der Waals surface area contributed by atoms with Gasteiger partial charge in [0.05, 0.1) is 6.61 Å². The van der Waals surface area contributed by atoms with E-state index in [1.54, 1.807) is 36.5 Å². The Morgan fingerprint density at radius 2 is 1.86 bits per heavy atom. The molecule has 2 N–H and O–H groups in total. The highest BCUT2D eigenvalue weighted by molar-refractivity contribution is 5.94. The lowest BCUT2D eigenvalue weighted by molar-refractivity contribution is 0.0953. The van der Waals surface area contributed by atoms with Crippen LogP contribution in [-0.4, -0.2) is 54.0 Å². The Morgan fingerprint density at radius 3 is 2.52 bits per heavy atom. The molecule has 1 amide bonds.